The number of rotatable bonds is 2. The number of methoxy groups -OCH3 is 1. The van der Waals surface area contributed by atoms with Gasteiger partial charge in [-0.05, 0) is 36.1 Å². The van der Waals surface area contributed by atoms with Crippen molar-refractivity contribution >= 4 is 10.8 Å². The largest absolute Gasteiger partial charge is 0.496 e. The highest BCUT2D eigenvalue weighted by Crippen LogP contribution is 2.38. The zero-order valence-corrected chi connectivity index (χ0v) is 10.6. The Labute approximate surface area is 108 Å². The average molecular weight is 241 g/mol. The first-order valence-corrected chi connectivity index (χ1v) is 6.45. The first-order chi connectivity index (χ1) is 8.90. The maximum absolute atomic E-state index is 5.85. The van der Waals surface area contributed by atoms with Crippen molar-refractivity contribution in [3.63, 3.8) is 0 Å². The summed E-state index contributed by atoms with van der Waals surface area (Å²) in [7, 11) is 1.72. The second-order valence-electron chi connectivity index (χ2n) is 4.59. The van der Waals surface area contributed by atoms with Crippen LogP contribution in [0.4, 0.5) is 0 Å². The molecule has 1 fully saturated rings. The Kier molecular flexibility index (Phi) is 3.20. The molecule has 0 spiro atoms. The van der Waals surface area contributed by atoms with Crippen molar-refractivity contribution < 1.29 is 9.47 Å². The van der Waals surface area contributed by atoms with E-state index in [4.69, 9.17) is 9.47 Å². The summed E-state index contributed by atoms with van der Waals surface area (Å²) < 4.78 is 11.4. The Morgan fingerprint density at radius 3 is 2.72 bits per heavy atom. The fourth-order valence-electron chi connectivity index (χ4n) is 2.56. The molecule has 1 heterocycles. The molecule has 3 rings (SSSR count). The first kappa shape index (κ1) is 11.5. The first-order valence-electron chi connectivity index (χ1n) is 6.45. The Balaban J connectivity index is 2.16. The van der Waals surface area contributed by atoms with E-state index in [2.05, 4.69) is 30.3 Å². The van der Waals surface area contributed by atoms with E-state index in [0.717, 1.165) is 36.9 Å². The van der Waals surface area contributed by atoms with Crippen LogP contribution in [-0.2, 0) is 4.74 Å². The van der Waals surface area contributed by atoms with Gasteiger partial charge in [-0.25, -0.2) is 0 Å². The molecule has 0 atom stereocenters. The van der Waals surface area contributed by atoms with E-state index < -0.39 is 0 Å². The third-order valence-electron chi connectivity index (χ3n) is 3.46. The van der Waals surface area contributed by atoms with Crippen LogP contribution in [0.2, 0.25) is 0 Å². The molecule has 0 saturated carbocycles. The maximum Gasteiger partial charge on any atom is 0.130 e. The van der Waals surface area contributed by atoms with Crippen molar-refractivity contribution in [1.82, 2.24) is 0 Å². The van der Waals surface area contributed by atoms with Crippen LogP contribution in [0.5, 0.6) is 5.75 Å². The standard InChI is InChI=1S/C16H17O2/c1-17-14-10-9-12-6-2-3-7-13(12)16(14)15-8-4-5-11-18-15/h2-3,6-7,9-10H,4-5,8,11H2,1H3. The van der Waals surface area contributed by atoms with Crippen LogP contribution in [0.15, 0.2) is 36.4 Å². The maximum atomic E-state index is 5.85. The number of hydrogen-bond donors (Lipinski definition) is 0. The lowest BCUT2D eigenvalue weighted by molar-refractivity contribution is 0.116. The average Bonchev–Trinajstić information content (AvgIpc) is 2.47. The zero-order valence-electron chi connectivity index (χ0n) is 10.6. The summed E-state index contributed by atoms with van der Waals surface area (Å²) in [5.74, 6) is 0.908. The third-order valence-corrected chi connectivity index (χ3v) is 3.46. The normalized spacial score (nSPS) is 16.9. The highest BCUT2D eigenvalue weighted by atomic mass is 16.5. The Hall–Kier alpha value is -1.54. The van der Waals surface area contributed by atoms with Gasteiger partial charge in [-0.1, -0.05) is 30.3 Å². The molecular weight excluding hydrogens is 224 g/mol. The fourth-order valence-corrected chi connectivity index (χ4v) is 2.56. The van der Waals surface area contributed by atoms with Crippen molar-refractivity contribution in [2.45, 2.75) is 19.3 Å². The third kappa shape index (κ3) is 1.97. The topological polar surface area (TPSA) is 18.5 Å². The SMILES string of the molecule is COc1ccc2ccccc2c1[C]1CCCCO1. The van der Waals surface area contributed by atoms with Gasteiger partial charge in [-0.3, -0.25) is 0 Å². The van der Waals surface area contributed by atoms with Crippen LogP contribution in [0.3, 0.4) is 0 Å². The summed E-state index contributed by atoms with van der Waals surface area (Å²) in [4.78, 5) is 0. The minimum Gasteiger partial charge on any atom is -0.496 e. The summed E-state index contributed by atoms with van der Waals surface area (Å²) >= 11 is 0. The minimum absolute atomic E-state index is 0.821. The van der Waals surface area contributed by atoms with Gasteiger partial charge in [0.15, 0.2) is 0 Å². The molecular formula is C16H17O2. The highest BCUT2D eigenvalue weighted by Gasteiger charge is 2.23. The molecule has 1 saturated heterocycles. The molecule has 1 radical (unpaired) electrons. The molecule has 1 aliphatic rings. The lowest BCUT2D eigenvalue weighted by Crippen LogP contribution is -2.13. The van der Waals surface area contributed by atoms with Crippen LogP contribution >= 0.6 is 0 Å². The number of hydrogen-bond acceptors (Lipinski definition) is 2. The van der Waals surface area contributed by atoms with Crippen molar-refractivity contribution in [3.8, 4) is 5.75 Å². The van der Waals surface area contributed by atoms with Gasteiger partial charge in [0, 0.05) is 12.2 Å². The van der Waals surface area contributed by atoms with Gasteiger partial charge in [0.05, 0.1) is 7.11 Å². The van der Waals surface area contributed by atoms with E-state index in [-0.39, 0.29) is 0 Å². The van der Waals surface area contributed by atoms with Crippen LogP contribution in [-0.4, -0.2) is 13.7 Å². The minimum atomic E-state index is 0.821. The van der Waals surface area contributed by atoms with Crippen LogP contribution in [0.1, 0.15) is 24.8 Å². The van der Waals surface area contributed by atoms with Crippen LogP contribution in [0.25, 0.3) is 10.8 Å². The predicted octanol–water partition coefficient (Wildman–Crippen LogP) is 3.93. The molecule has 0 N–H and O–H groups in total. The summed E-state index contributed by atoms with van der Waals surface area (Å²) in [6.45, 7) is 0.821. The van der Waals surface area contributed by atoms with Crippen molar-refractivity contribution in [2.75, 3.05) is 13.7 Å². The smallest absolute Gasteiger partial charge is 0.130 e. The molecule has 0 unspecified atom stereocenters. The highest BCUT2D eigenvalue weighted by molar-refractivity contribution is 5.89. The second kappa shape index (κ2) is 4.99. The summed E-state index contributed by atoms with van der Waals surface area (Å²) in [6, 6.07) is 12.5. The number of fused-ring (bicyclic) bond motifs is 1. The molecule has 2 aromatic carbocycles. The van der Waals surface area contributed by atoms with E-state index in [1.54, 1.807) is 7.11 Å². The van der Waals surface area contributed by atoms with E-state index in [0.29, 0.717) is 0 Å². The van der Waals surface area contributed by atoms with Gasteiger partial charge in [0.1, 0.15) is 11.9 Å². The Bertz CT molecular complexity index is 542. The van der Waals surface area contributed by atoms with Gasteiger partial charge in [0.25, 0.3) is 0 Å². The van der Waals surface area contributed by atoms with E-state index in [1.165, 1.54) is 17.2 Å². The second-order valence-corrected chi connectivity index (χ2v) is 4.59. The van der Waals surface area contributed by atoms with Gasteiger partial charge in [-0.15, -0.1) is 0 Å². The van der Waals surface area contributed by atoms with Gasteiger partial charge >= 0.3 is 0 Å². The van der Waals surface area contributed by atoms with Gasteiger partial charge < -0.3 is 9.47 Å². The molecule has 2 heteroatoms. The van der Waals surface area contributed by atoms with Crippen LogP contribution < -0.4 is 4.74 Å². The van der Waals surface area contributed by atoms with E-state index in [1.807, 2.05) is 6.07 Å². The molecule has 0 bridgehead atoms. The molecule has 0 aliphatic carbocycles. The van der Waals surface area contributed by atoms with Crippen molar-refractivity contribution in [1.29, 1.82) is 0 Å². The van der Waals surface area contributed by atoms with E-state index >= 15 is 0 Å². The number of ether oxygens (including phenoxy) is 2. The summed E-state index contributed by atoms with van der Waals surface area (Å²) in [5, 5.41) is 2.45. The predicted molar refractivity (Wildman–Crippen MR) is 72.6 cm³/mol. The summed E-state index contributed by atoms with van der Waals surface area (Å²) in [6.07, 6.45) is 4.43. The monoisotopic (exact) mass is 241 g/mol. The van der Waals surface area contributed by atoms with Gasteiger partial charge in [0.2, 0.25) is 0 Å². The molecule has 0 amide bonds. The molecule has 0 aromatic heterocycles. The fraction of sp³-hybridized carbons (Fsp3) is 0.312. The zero-order chi connectivity index (χ0) is 12.4. The van der Waals surface area contributed by atoms with Gasteiger partial charge in [-0.2, -0.15) is 0 Å². The lowest BCUT2D eigenvalue weighted by atomic mass is 9.95. The van der Waals surface area contributed by atoms with Crippen molar-refractivity contribution in [3.05, 3.63) is 48.1 Å². The lowest BCUT2D eigenvalue weighted by Gasteiger charge is -2.24. The molecule has 2 nitrogen and oxygen atoms in total. The Morgan fingerprint density at radius 1 is 1.06 bits per heavy atom. The quantitative estimate of drug-likeness (QED) is 0.793. The molecule has 18 heavy (non-hydrogen) atoms. The number of benzene rings is 2. The van der Waals surface area contributed by atoms with Crippen LogP contribution in [0, 0.1) is 6.10 Å². The Morgan fingerprint density at radius 2 is 1.94 bits per heavy atom. The summed E-state index contributed by atoms with van der Waals surface area (Å²) in [5.41, 5.74) is 1.13. The molecule has 2 aromatic rings. The van der Waals surface area contributed by atoms with Crippen molar-refractivity contribution in [2.24, 2.45) is 0 Å². The molecule has 1 aliphatic heterocycles. The molecule has 93 valence electrons. The van der Waals surface area contributed by atoms with E-state index in [9.17, 15) is 0 Å².